The standard InChI is InChI=1S/C22H19N2O4/c1-22(2,3)21-14-17(15-4-9-18(10-5-15)23(25)26)8-13-20(21)16-6-11-19(12-7-16)24(27)28/h4-7,9-14H,1-3H3. The van der Waals surface area contributed by atoms with Crippen LogP contribution in [-0.4, -0.2) is 9.85 Å². The van der Waals surface area contributed by atoms with E-state index in [1.807, 2.05) is 12.1 Å². The van der Waals surface area contributed by atoms with Gasteiger partial charge in [0.15, 0.2) is 0 Å². The Morgan fingerprint density at radius 2 is 1.25 bits per heavy atom. The van der Waals surface area contributed by atoms with E-state index >= 15 is 0 Å². The van der Waals surface area contributed by atoms with Crippen LogP contribution in [0, 0.1) is 26.3 Å². The molecule has 0 aliphatic carbocycles. The summed E-state index contributed by atoms with van der Waals surface area (Å²) in [6, 6.07) is 20.0. The highest BCUT2D eigenvalue weighted by molar-refractivity contribution is 5.75. The Morgan fingerprint density at radius 3 is 1.68 bits per heavy atom. The van der Waals surface area contributed by atoms with Crippen molar-refractivity contribution in [1.29, 1.82) is 0 Å². The number of nitro groups is 2. The number of hydrogen-bond acceptors (Lipinski definition) is 4. The molecule has 0 aromatic heterocycles. The molecule has 6 nitrogen and oxygen atoms in total. The Bertz CT molecular complexity index is 1030. The van der Waals surface area contributed by atoms with Crippen molar-refractivity contribution in [3.05, 3.63) is 92.5 Å². The number of nitrogens with zero attached hydrogens (tertiary/aromatic N) is 2. The Kier molecular flexibility index (Phi) is 4.96. The van der Waals surface area contributed by atoms with Gasteiger partial charge in [0.1, 0.15) is 0 Å². The van der Waals surface area contributed by atoms with Gasteiger partial charge < -0.3 is 0 Å². The lowest BCUT2D eigenvalue weighted by Crippen LogP contribution is -2.13. The van der Waals surface area contributed by atoms with E-state index in [0.717, 1.165) is 27.8 Å². The average molecular weight is 375 g/mol. The summed E-state index contributed by atoms with van der Waals surface area (Å²) >= 11 is 0. The van der Waals surface area contributed by atoms with Gasteiger partial charge in [0.25, 0.3) is 11.4 Å². The van der Waals surface area contributed by atoms with Crippen LogP contribution in [-0.2, 0) is 5.41 Å². The van der Waals surface area contributed by atoms with Gasteiger partial charge in [0, 0.05) is 24.3 Å². The Labute approximate surface area is 162 Å². The molecule has 0 heterocycles. The lowest BCUT2D eigenvalue weighted by molar-refractivity contribution is -0.385. The van der Waals surface area contributed by atoms with Crippen molar-refractivity contribution in [2.45, 2.75) is 26.2 Å². The molecule has 0 amide bonds. The number of non-ortho nitro benzene ring substituents is 2. The van der Waals surface area contributed by atoms with Crippen molar-refractivity contribution in [2.75, 3.05) is 0 Å². The third-order valence-electron chi connectivity index (χ3n) is 4.54. The van der Waals surface area contributed by atoms with Crippen LogP contribution in [0.25, 0.3) is 22.3 Å². The Morgan fingerprint density at radius 1 is 0.786 bits per heavy atom. The summed E-state index contributed by atoms with van der Waals surface area (Å²) in [6.45, 7) is 6.28. The molecule has 0 saturated carbocycles. The molecule has 141 valence electrons. The second-order valence-electron chi connectivity index (χ2n) is 7.53. The van der Waals surface area contributed by atoms with Crippen LogP contribution in [0.1, 0.15) is 26.3 Å². The normalized spacial score (nSPS) is 11.2. The van der Waals surface area contributed by atoms with Gasteiger partial charge in [0.05, 0.1) is 9.85 Å². The molecule has 0 N–H and O–H groups in total. The maximum atomic E-state index is 10.9. The van der Waals surface area contributed by atoms with Crippen LogP contribution in [0.5, 0.6) is 0 Å². The molecule has 0 aliphatic rings. The second-order valence-corrected chi connectivity index (χ2v) is 7.53. The van der Waals surface area contributed by atoms with Crippen LogP contribution < -0.4 is 0 Å². The van der Waals surface area contributed by atoms with Crippen molar-refractivity contribution in [3.63, 3.8) is 0 Å². The first-order chi connectivity index (χ1) is 13.2. The van der Waals surface area contributed by atoms with Crippen molar-refractivity contribution < 1.29 is 9.85 Å². The highest BCUT2D eigenvalue weighted by Crippen LogP contribution is 2.36. The van der Waals surface area contributed by atoms with Gasteiger partial charge in [-0.05, 0) is 75.7 Å². The zero-order valence-corrected chi connectivity index (χ0v) is 15.8. The lowest BCUT2D eigenvalue weighted by atomic mass is 9.80. The number of hydrogen-bond donors (Lipinski definition) is 0. The Balaban J connectivity index is 2.07. The monoisotopic (exact) mass is 375 g/mol. The fourth-order valence-corrected chi connectivity index (χ4v) is 3.04. The Hall–Kier alpha value is -3.54. The first-order valence-electron chi connectivity index (χ1n) is 8.72. The maximum Gasteiger partial charge on any atom is 0.269 e. The van der Waals surface area contributed by atoms with Gasteiger partial charge in [-0.25, -0.2) is 0 Å². The zero-order chi connectivity index (χ0) is 20.5. The molecule has 0 atom stereocenters. The summed E-state index contributed by atoms with van der Waals surface area (Å²) in [7, 11) is 0. The molecule has 3 rings (SSSR count). The quantitative estimate of drug-likeness (QED) is 0.417. The van der Waals surface area contributed by atoms with E-state index in [4.69, 9.17) is 0 Å². The third kappa shape index (κ3) is 3.91. The summed E-state index contributed by atoms with van der Waals surface area (Å²) in [5.41, 5.74) is 4.48. The van der Waals surface area contributed by atoms with Crippen LogP contribution in [0.15, 0.2) is 60.7 Å². The van der Waals surface area contributed by atoms with Crippen LogP contribution in [0.4, 0.5) is 11.4 Å². The van der Waals surface area contributed by atoms with E-state index in [-0.39, 0.29) is 16.8 Å². The molecule has 0 saturated heterocycles. The molecular weight excluding hydrogens is 356 g/mol. The van der Waals surface area contributed by atoms with Crippen molar-refractivity contribution in [3.8, 4) is 22.3 Å². The van der Waals surface area contributed by atoms with E-state index in [1.54, 1.807) is 24.3 Å². The van der Waals surface area contributed by atoms with Gasteiger partial charge in [-0.3, -0.25) is 20.2 Å². The SMILES string of the molecule is CC(C)(C)c1cc(-c2ccc([N+](=O)[O-])cc2)[c]cc1-c1ccc([N+](=O)[O-])cc1. The molecule has 0 bridgehead atoms. The van der Waals surface area contributed by atoms with Crippen molar-refractivity contribution in [2.24, 2.45) is 0 Å². The zero-order valence-electron chi connectivity index (χ0n) is 15.8. The van der Waals surface area contributed by atoms with Crippen molar-refractivity contribution in [1.82, 2.24) is 0 Å². The summed E-state index contributed by atoms with van der Waals surface area (Å²) in [5.74, 6) is 0. The predicted octanol–water partition coefficient (Wildman–Crippen LogP) is 5.93. The van der Waals surface area contributed by atoms with Gasteiger partial charge in [0.2, 0.25) is 0 Å². The van der Waals surface area contributed by atoms with Crippen LogP contribution >= 0.6 is 0 Å². The van der Waals surface area contributed by atoms with Gasteiger partial charge in [-0.1, -0.05) is 20.8 Å². The van der Waals surface area contributed by atoms with Gasteiger partial charge in [-0.15, -0.1) is 0 Å². The van der Waals surface area contributed by atoms with Gasteiger partial charge in [-0.2, -0.15) is 0 Å². The molecule has 0 fully saturated rings. The highest BCUT2D eigenvalue weighted by atomic mass is 16.6. The minimum Gasteiger partial charge on any atom is -0.258 e. The molecule has 0 aliphatic heterocycles. The summed E-state index contributed by atoms with van der Waals surface area (Å²) < 4.78 is 0. The highest BCUT2D eigenvalue weighted by Gasteiger charge is 2.20. The predicted molar refractivity (Wildman–Crippen MR) is 108 cm³/mol. The van der Waals surface area contributed by atoms with Gasteiger partial charge >= 0.3 is 0 Å². The van der Waals surface area contributed by atoms with E-state index in [9.17, 15) is 20.2 Å². The fraction of sp³-hybridized carbons (Fsp3) is 0.182. The summed E-state index contributed by atoms with van der Waals surface area (Å²) in [4.78, 5) is 20.9. The topological polar surface area (TPSA) is 86.3 Å². The molecule has 0 unspecified atom stereocenters. The summed E-state index contributed by atoms with van der Waals surface area (Å²) in [6.07, 6.45) is 0. The second kappa shape index (κ2) is 7.23. The summed E-state index contributed by atoms with van der Waals surface area (Å²) in [5, 5.41) is 21.8. The fourth-order valence-electron chi connectivity index (χ4n) is 3.04. The molecule has 6 heteroatoms. The number of nitro benzene ring substituents is 2. The number of rotatable bonds is 4. The van der Waals surface area contributed by atoms with E-state index in [2.05, 4.69) is 26.8 Å². The molecule has 0 spiro atoms. The molecule has 28 heavy (non-hydrogen) atoms. The average Bonchev–Trinajstić information content (AvgIpc) is 2.67. The minimum absolute atomic E-state index is 0.0438. The molecular formula is C22H19N2O4. The molecule has 1 radical (unpaired) electrons. The first-order valence-corrected chi connectivity index (χ1v) is 8.72. The minimum atomic E-state index is -0.425. The smallest absolute Gasteiger partial charge is 0.258 e. The maximum absolute atomic E-state index is 10.9. The number of benzene rings is 3. The largest absolute Gasteiger partial charge is 0.269 e. The molecule has 3 aromatic rings. The van der Waals surface area contributed by atoms with Crippen LogP contribution in [0.3, 0.4) is 0 Å². The third-order valence-corrected chi connectivity index (χ3v) is 4.54. The molecule has 3 aromatic carbocycles. The lowest BCUT2D eigenvalue weighted by Gasteiger charge is -2.24. The van der Waals surface area contributed by atoms with E-state index in [0.29, 0.717) is 0 Å². The van der Waals surface area contributed by atoms with E-state index < -0.39 is 9.85 Å². The van der Waals surface area contributed by atoms with Crippen LogP contribution in [0.2, 0.25) is 0 Å². The van der Waals surface area contributed by atoms with Crippen molar-refractivity contribution >= 4 is 11.4 Å². The van der Waals surface area contributed by atoms with E-state index in [1.165, 1.54) is 24.3 Å². The first kappa shape index (κ1) is 19.2.